The number of benzene rings is 4. The van der Waals surface area contributed by atoms with Crippen LogP contribution in [0.25, 0.3) is 11.1 Å². The molecule has 0 bridgehead atoms. The van der Waals surface area contributed by atoms with Crippen molar-refractivity contribution < 1.29 is 112 Å². The zero-order valence-corrected chi connectivity index (χ0v) is 38.0. The molecule has 0 saturated carbocycles. The van der Waals surface area contributed by atoms with Gasteiger partial charge in [0.25, 0.3) is 0 Å². The normalized spacial score (nSPS) is 34.5. The van der Waals surface area contributed by atoms with Gasteiger partial charge in [0.15, 0.2) is 33.6 Å². The second-order valence-corrected chi connectivity index (χ2v) is 19.8. The Kier molecular flexibility index (Phi) is 15.4. The molecule has 388 valence electrons. The van der Waals surface area contributed by atoms with Crippen LogP contribution in [0.4, 0.5) is 10.1 Å². The van der Waals surface area contributed by atoms with Crippen molar-refractivity contribution in [2.75, 3.05) is 17.3 Å². The number of aliphatic hydroxyl groups excluding tert-OH is 10. The molecule has 4 fully saturated rings. The molecule has 18 atom stereocenters. The van der Waals surface area contributed by atoms with Gasteiger partial charge in [0.1, 0.15) is 78.7 Å². The van der Waals surface area contributed by atoms with Crippen LogP contribution >= 0.6 is 0 Å². The predicted molar refractivity (Wildman–Crippen MR) is 238 cm³/mol. The molecule has 0 aromatic heterocycles. The molecule has 4 saturated heterocycles. The molecule has 4 heterocycles. The summed E-state index contributed by atoms with van der Waals surface area (Å²) in [5.74, 6) is -6.84. The summed E-state index contributed by atoms with van der Waals surface area (Å²) in [5.41, 5.74) is 0.907. The number of nitrogens with zero attached hydrogens (tertiary/aromatic N) is 1. The van der Waals surface area contributed by atoms with Gasteiger partial charge in [-0.2, -0.15) is 0 Å². The molecule has 4 aromatic rings. The minimum atomic E-state index is -4.93. The third-order valence-electron chi connectivity index (χ3n) is 13.1. The van der Waals surface area contributed by atoms with E-state index in [1.807, 2.05) is 0 Å². The summed E-state index contributed by atoms with van der Waals surface area (Å²) in [7, 11) is -4.93. The summed E-state index contributed by atoms with van der Waals surface area (Å²) in [6.07, 6.45) is -30.6. The Labute approximate surface area is 407 Å². The summed E-state index contributed by atoms with van der Waals surface area (Å²) in [6, 6.07) is 20.3. The summed E-state index contributed by atoms with van der Waals surface area (Å²) >= 11 is 0. The summed E-state index contributed by atoms with van der Waals surface area (Å²) in [5, 5.41) is 122. The molecular formula is C47H50FNO22S. The second-order valence-electron chi connectivity index (χ2n) is 17.6. The zero-order chi connectivity index (χ0) is 52.1. The first-order valence-corrected chi connectivity index (χ1v) is 23.9. The third-order valence-corrected chi connectivity index (χ3v) is 15.1. The van der Waals surface area contributed by atoms with E-state index in [2.05, 4.69) is 0 Å². The Morgan fingerprint density at radius 2 is 1.21 bits per heavy atom. The maximum absolute atomic E-state index is 15.0. The molecule has 12 N–H and O–H groups in total. The number of hydrogen-bond donors (Lipinski definition) is 12. The van der Waals surface area contributed by atoms with Gasteiger partial charge in [-0.3, -0.25) is 4.79 Å². The van der Waals surface area contributed by atoms with E-state index < -0.39 is 155 Å². The quantitative estimate of drug-likeness (QED) is 0.0562. The molecule has 23 nitrogen and oxygen atoms in total. The largest absolute Gasteiger partial charge is 0.479 e. The topological polar surface area (TPSA) is 378 Å². The standard InChI is InChI=1S/C47H50FNO22S/c48-23-13-10-20(11-14-23)28(69-47-38(59)33(54)36(57)41(71-47)45(63)64)18-72(65,66)42-29(49(43(42)60)24-4-2-1-3-5-24)25-15-12-22(16-26(25)68-46-37(58)32(53)35(56)40(70-46)44(61)62)19-6-8-21(9-7-19)39-34(55)31(52)30(51)27(17-50)67-39/h1-16,27-42,46-47,50-59H,17-18H2,(H,61,62)(H,63,64)/t27-,28+,29-,30-,31+,32?,33?,34-,35+,36+,37?,38?,39?,40?,41?,42-,46-,47-/m1/s1. The van der Waals surface area contributed by atoms with Crippen molar-refractivity contribution >= 4 is 33.4 Å². The Bertz CT molecular complexity index is 2700. The average Bonchev–Trinajstić information content (AvgIpc) is 3.35. The number of anilines is 1. The van der Waals surface area contributed by atoms with Crippen LogP contribution < -0.4 is 9.64 Å². The highest BCUT2D eigenvalue weighted by Crippen LogP contribution is 2.48. The lowest BCUT2D eigenvalue weighted by Crippen LogP contribution is -2.63. The number of amides is 1. The van der Waals surface area contributed by atoms with Crippen molar-refractivity contribution in [3.05, 3.63) is 120 Å². The van der Waals surface area contributed by atoms with Gasteiger partial charge in [0.2, 0.25) is 12.2 Å². The minimum absolute atomic E-state index is 0.0883. The maximum atomic E-state index is 15.0. The summed E-state index contributed by atoms with van der Waals surface area (Å²) in [6.45, 7) is -0.679. The molecule has 0 aliphatic carbocycles. The van der Waals surface area contributed by atoms with Crippen molar-refractivity contribution in [3.63, 3.8) is 0 Å². The molecule has 4 aliphatic heterocycles. The van der Waals surface area contributed by atoms with E-state index >= 15 is 0 Å². The van der Waals surface area contributed by atoms with Crippen LogP contribution in [0.2, 0.25) is 0 Å². The fourth-order valence-corrected chi connectivity index (χ4v) is 11.1. The van der Waals surface area contributed by atoms with Crippen LogP contribution in [-0.2, 0) is 43.2 Å². The Morgan fingerprint density at radius 1 is 0.653 bits per heavy atom. The highest BCUT2D eigenvalue weighted by atomic mass is 32.2. The van der Waals surface area contributed by atoms with Crippen molar-refractivity contribution in [1.29, 1.82) is 0 Å². The molecule has 25 heteroatoms. The van der Waals surface area contributed by atoms with Gasteiger partial charge in [-0.1, -0.05) is 66.7 Å². The highest BCUT2D eigenvalue weighted by Gasteiger charge is 2.58. The first-order chi connectivity index (χ1) is 34.1. The van der Waals surface area contributed by atoms with Crippen molar-refractivity contribution in [3.8, 4) is 16.9 Å². The number of halogens is 1. The maximum Gasteiger partial charge on any atom is 0.335 e. The average molecular weight is 1030 g/mol. The van der Waals surface area contributed by atoms with Gasteiger partial charge in [0.05, 0.1) is 24.5 Å². The van der Waals surface area contributed by atoms with E-state index in [1.54, 1.807) is 18.2 Å². The number of sulfone groups is 1. The fourth-order valence-electron chi connectivity index (χ4n) is 9.10. The van der Waals surface area contributed by atoms with E-state index in [-0.39, 0.29) is 28.1 Å². The van der Waals surface area contributed by atoms with Crippen LogP contribution in [0.5, 0.6) is 5.75 Å². The number of ether oxygens (including phenoxy) is 5. The van der Waals surface area contributed by atoms with Crippen molar-refractivity contribution in [1.82, 2.24) is 0 Å². The lowest BCUT2D eigenvalue weighted by Gasteiger charge is -2.47. The molecule has 72 heavy (non-hydrogen) atoms. The molecule has 8 rings (SSSR count). The minimum Gasteiger partial charge on any atom is -0.479 e. The monoisotopic (exact) mass is 1030 g/mol. The number of carboxylic acids is 2. The number of aliphatic hydroxyl groups is 10. The number of hydrogen-bond acceptors (Lipinski definition) is 20. The third kappa shape index (κ3) is 10.1. The van der Waals surface area contributed by atoms with Crippen LogP contribution in [-0.4, -0.2) is 191 Å². The SMILES string of the molecule is O=C(O)C1O[C@@H](Oc2cc(-c3ccc(C4O[C@H](CO)[C@@H](O)[C@H](O)[C@H]4O)cc3)ccc2[C@@H]2[C@@H](S(=O)(=O)C[C@H](O[C@@H]3OC(C(=O)O)[C@@H](O)C(O)C3O)c3ccc(F)cc3)C(=O)N2c2ccccc2)C(O)C(O)[C@@H]1O. The summed E-state index contributed by atoms with van der Waals surface area (Å²) < 4.78 is 72.5. The number of β-lactam (4-membered cyclic amide) rings is 1. The Morgan fingerprint density at radius 3 is 1.79 bits per heavy atom. The Balaban J connectivity index is 1.20. The van der Waals surface area contributed by atoms with Gasteiger partial charge in [0, 0.05) is 11.3 Å². The molecule has 4 aliphatic rings. The van der Waals surface area contributed by atoms with Gasteiger partial charge in [-0.25, -0.2) is 22.4 Å². The fraction of sp³-hybridized carbons (Fsp3) is 0.426. The smallest absolute Gasteiger partial charge is 0.335 e. The molecular weight excluding hydrogens is 982 g/mol. The number of rotatable bonds is 15. The molecule has 4 aromatic carbocycles. The van der Waals surface area contributed by atoms with Crippen LogP contribution in [0.1, 0.15) is 34.9 Å². The predicted octanol–water partition coefficient (Wildman–Crippen LogP) is -2.20. The van der Waals surface area contributed by atoms with E-state index in [9.17, 15) is 88.5 Å². The molecule has 0 spiro atoms. The zero-order valence-electron chi connectivity index (χ0n) is 37.2. The number of carbonyl (C=O) groups excluding carboxylic acids is 1. The lowest BCUT2D eigenvalue weighted by molar-refractivity contribution is -0.303. The van der Waals surface area contributed by atoms with E-state index in [4.69, 9.17) is 23.7 Å². The second kappa shape index (κ2) is 21.1. The number of carboxylic acid groups (broad SMARTS) is 2. The molecule has 0 radical (unpaired) electrons. The van der Waals surface area contributed by atoms with E-state index in [1.165, 1.54) is 54.6 Å². The van der Waals surface area contributed by atoms with Gasteiger partial charge in [-0.15, -0.1) is 0 Å². The highest BCUT2D eigenvalue weighted by molar-refractivity contribution is 7.93. The van der Waals surface area contributed by atoms with Gasteiger partial charge in [-0.05, 0) is 52.6 Å². The first-order valence-electron chi connectivity index (χ1n) is 22.2. The number of carbonyl (C=O) groups is 3. The van der Waals surface area contributed by atoms with E-state index in [0.717, 1.165) is 29.2 Å². The molecule has 1 amide bonds. The lowest BCUT2D eigenvalue weighted by atomic mass is 9.89. The molecule has 7 unspecified atom stereocenters. The summed E-state index contributed by atoms with van der Waals surface area (Å²) in [4.78, 5) is 39.6. The van der Waals surface area contributed by atoms with E-state index in [0.29, 0.717) is 11.1 Å². The van der Waals surface area contributed by atoms with Crippen LogP contribution in [0.15, 0.2) is 97.1 Å². The van der Waals surface area contributed by atoms with Crippen molar-refractivity contribution in [2.45, 2.75) is 109 Å². The number of para-hydroxylation sites is 1. The van der Waals surface area contributed by atoms with Crippen molar-refractivity contribution in [2.24, 2.45) is 0 Å². The first kappa shape index (κ1) is 52.7. The van der Waals surface area contributed by atoms with Crippen LogP contribution in [0, 0.1) is 5.82 Å². The number of aliphatic carboxylic acids is 2. The van der Waals surface area contributed by atoms with Gasteiger partial charge >= 0.3 is 11.9 Å². The van der Waals surface area contributed by atoms with Crippen LogP contribution in [0.3, 0.4) is 0 Å². The Hall–Kier alpha value is -5.59. The van der Waals surface area contributed by atoms with Gasteiger partial charge < -0.3 is 89.9 Å².